The number of hydrogen-bond acceptors (Lipinski definition) is 3. The molecule has 1 aliphatic carbocycles. The first-order valence-electron chi connectivity index (χ1n) is 5.23. The highest BCUT2D eigenvalue weighted by molar-refractivity contribution is 5.93. The van der Waals surface area contributed by atoms with Crippen molar-refractivity contribution in [3.8, 4) is 0 Å². The van der Waals surface area contributed by atoms with E-state index < -0.39 is 0 Å². The highest BCUT2D eigenvalue weighted by atomic mass is 16.3. The molecular formula is C11H16N2O2. The quantitative estimate of drug-likeness (QED) is 0.809. The van der Waals surface area contributed by atoms with Gasteiger partial charge in [0.15, 0.2) is 0 Å². The van der Waals surface area contributed by atoms with Crippen LogP contribution in [-0.2, 0) is 6.54 Å². The van der Waals surface area contributed by atoms with Crippen LogP contribution < -0.4 is 5.73 Å². The molecule has 4 nitrogen and oxygen atoms in total. The van der Waals surface area contributed by atoms with Gasteiger partial charge < -0.3 is 15.1 Å². The molecule has 0 unspecified atom stereocenters. The summed E-state index contributed by atoms with van der Waals surface area (Å²) in [7, 11) is 1.83. The summed E-state index contributed by atoms with van der Waals surface area (Å²) in [6, 6.07) is 1.71. The Morgan fingerprint density at radius 3 is 2.93 bits per heavy atom. The van der Waals surface area contributed by atoms with Crippen LogP contribution in [0.5, 0.6) is 0 Å². The van der Waals surface area contributed by atoms with Crippen molar-refractivity contribution in [2.75, 3.05) is 13.6 Å². The maximum atomic E-state index is 11.9. The maximum Gasteiger partial charge on any atom is 0.256 e. The van der Waals surface area contributed by atoms with Gasteiger partial charge in [-0.2, -0.15) is 0 Å². The van der Waals surface area contributed by atoms with Gasteiger partial charge in [0.1, 0.15) is 12.0 Å². The van der Waals surface area contributed by atoms with Crippen molar-refractivity contribution in [1.82, 2.24) is 4.90 Å². The normalized spacial score (nSPS) is 15.3. The van der Waals surface area contributed by atoms with E-state index in [1.54, 1.807) is 11.0 Å². The molecule has 0 spiro atoms. The van der Waals surface area contributed by atoms with Crippen molar-refractivity contribution < 1.29 is 9.21 Å². The van der Waals surface area contributed by atoms with Crippen LogP contribution in [0.15, 0.2) is 16.7 Å². The molecule has 15 heavy (non-hydrogen) atoms. The minimum absolute atomic E-state index is 0.0188. The molecule has 0 aromatic carbocycles. The Morgan fingerprint density at radius 1 is 1.67 bits per heavy atom. The Balaban J connectivity index is 1.98. The van der Waals surface area contributed by atoms with Gasteiger partial charge in [0.05, 0.1) is 12.1 Å². The average Bonchev–Trinajstić information content (AvgIpc) is 2.92. The van der Waals surface area contributed by atoms with E-state index in [2.05, 4.69) is 0 Å². The van der Waals surface area contributed by atoms with Crippen molar-refractivity contribution in [2.24, 2.45) is 11.7 Å². The molecule has 1 aliphatic rings. The molecule has 0 saturated heterocycles. The second-order valence-electron chi connectivity index (χ2n) is 4.13. The third-order valence-corrected chi connectivity index (χ3v) is 2.68. The molecule has 0 radical (unpaired) electrons. The van der Waals surface area contributed by atoms with E-state index in [1.807, 2.05) is 7.05 Å². The van der Waals surface area contributed by atoms with E-state index in [-0.39, 0.29) is 5.91 Å². The molecule has 1 amide bonds. The van der Waals surface area contributed by atoms with Crippen LogP contribution in [0.4, 0.5) is 0 Å². The lowest BCUT2D eigenvalue weighted by atomic mass is 10.2. The molecule has 1 fully saturated rings. The van der Waals surface area contributed by atoms with E-state index in [0.29, 0.717) is 23.8 Å². The monoisotopic (exact) mass is 208 g/mol. The molecule has 1 aromatic heterocycles. The van der Waals surface area contributed by atoms with Gasteiger partial charge in [0.2, 0.25) is 0 Å². The third kappa shape index (κ3) is 2.39. The summed E-state index contributed by atoms with van der Waals surface area (Å²) in [6.07, 6.45) is 3.97. The van der Waals surface area contributed by atoms with Gasteiger partial charge in [-0.15, -0.1) is 0 Å². The van der Waals surface area contributed by atoms with Gasteiger partial charge in [0, 0.05) is 13.6 Å². The van der Waals surface area contributed by atoms with Gasteiger partial charge in [-0.05, 0) is 24.8 Å². The van der Waals surface area contributed by atoms with Crippen LogP contribution in [0.25, 0.3) is 0 Å². The Morgan fingerprint density at radius 2 is 2.40 bits per heavy atom. The number of rotatable bonds is 4. The number of furan rings is 1. The van der Waals surface area contributed by atoms with Gasteiger partial charge in [-0.25, -0.2) is 0 Å². The molecule has 0 bridgehead atoms. The minimum atomic E-state index is 0.0188. The number of carbonyl (C=O) groups excluding carboxylic acids is 1. The predicted octanol–water partition coefficient (Wildman–Crippen LogP) is 1.22. The lowest BCUT2D eigenvalue weighted by molar-refractivity contribution is 0.0788. The summed E-state index contributed by atoms with van der Waals surface area (Å²) in [4.78, 5) is 13.6. The van der Waals surface area contributed by atoms with E-state index in [4.69, 9.17) is 10.2 Å². The van der Waals surface area contributed by atoms with Crippen molar-refractivity contribution in [2.45, 2.75) is 19.4 Å². The first-order valence-corrected chi connectivity index (χ1v) is 5.23. The number of hydrogen-bond donors (Lipinski definition) is 1. The van der Waals surface area contributed by atoms with Crippen LogP contribution >= 0.6 is 0 Å². The van der Waals surface area contributed by atoms with Crippen molar-refractivity contribution in [1.29, 1.82) is 0 Å². The Labute approximate surface area is 89.0 Å². The standard InChI is InChI=1S/C11H16N2O2/c1-13(6-8-2-3-8)11(14)9-4-10(5-12)15-7-9/h4,7-8H,2-3,5-6,12H2,1H3. The molecule has 1 heterocycles. The average molecular weight is 208 g/mol. The molecule has 0 atom stereocenters. The lowest BCUT2D eigenvalue weighted by Gasteiger charge is -2.15. The fourth-order valence-corrected chi connectivity index (χ4v) is 1.59. The van der Waals surface area contributed by atoms with Crippen molar-refractivity contribution >= 4 is 5.91 Å². The molecule has 4 heteroatoms. The summed E-state index contributed by atoms with van der Waals surface area (Å²) in [6.45, 7) is 1.18. The zero-order valence-electron chi connectivity index (χ0n) is 8.90. The van der Waals surface area contributed by atoms with E-state index >= 15 is 0 Å². The summed E-state index contributed by atoms with van der Waals surface area (Å²) in [5.74, 6) is 1.38. The first-order chi connectivity index (χ1) is 7.20. The second kappa shape index (κ2) is 4.06. The SMILES string of the molecule is CN(CC1CC1)C(=O)c1coc(CN)c1. The van der Waals surface area contributed by atoms with Crippen LogP contribution in [0.3, 0.4) is 0 Å². The van der Waals surface area contributed by atoms with Crippen LogP contribution in [-0.4, -0.2) is 24.4 Å². The largest absolute Gasteiger partial charge is 0.467 e. The van der Waals surface area contributed by atoms with Crippen LogP contribution in [0.1, 0.15) is 29.0 Å². The Hall–Kier alpha value is -1.29. The van der Waals surface area contributed by atoms with E-state index in [9.17, 15) is 4.79 Å². The molecule has 1 saturated carbocycles. The number of nitrogens with zero attached hydrogens (tertiary/aromatic N) is 1. The molecule has 2 N–H and O–H groups in total. The van der Waals surface area contributed by atoms with Gasteiger partial charge in [0.25, 0.3) is 5.91 Å². The van der Waals surface area contributed by atoms with E-state index in [0.717, 1.165) is 6.54 Å². The smallest absolute Gasteiger partial charge is 0.256 e. The van der Waals surface area contributed by atoms with Gasteiger partial charge in [-0.3, -0.25) is 4.79 Å². The second-order valence-corrected chi connectivity index (χ2v) is 4.13. The minimum Gasteiger partial charge on any atom is -0.467 e. The van der Waals surface area contributed by atoms with Gasteiger partial charge >= 0.3 is 0 Å². The zero-order valence-corrected chi connectivity index (χ0v) is 8.90. The summed E-state index contributed by atoms with van der Waals surface area (Å²) in [5.41, 5.74) is 6.01. The summed E-state index contributed by atoms with van der Waals surface area (Å²) >= 11 is 0. The fraction of sp³-hybridized carbons (Fsp3) is 0.545. The highest BCUT2D eigenvalue weighted by Crippen LogP contribution is 2.29. The Bertz CT molecular complexity index is 355. The third-order valence-electron chi connectivity index (χ3n) is 2.68. The Kier molecular flexibility index (Phi) is 2.77. The van der Waals surface area contributed by atoms with Gasteiger partial charge in [-0.1, -0.05) is 0 Å². The molecule has 0 aliphatic heterocycles. The first kappa shape index (κ1) is 10.2. The summed E-state index contributed by atoms with van der Waals surface area (Å²) in [5, 5.41) is 0. The lowest BCUT2D eigenvalue weighted by Crippen LogP contribution is -2.28. The number of nitrogens with two attached hydrogens (primary N) is 1. The summed E-state index contributed by atoms with van der Waals surface area (Å²) < 4.78 is 5.13. The topological polar surface area (TPSA) is 59.5 Å². The van der Waals surface area contributed by atoms with E-state index in [1.165, 1.54) is 19.1 Å². The van der Waals surface area contributed by atoms with Crippen molar-refractivity contribution in [3.63, 3.8) is 0 Å². The molecule has 1 aromatic rings. The highest BCUT2D eigenvalue weighted by Gasteiger charge is 2.25. The molecule has 2 rings (SSSR count). The molecule has 82 valence electrons. The van der Waals surface area contributed by atoms with Crippen molar-refractivity contribution in [3.05, 3.63) is 23.7 Å². The zero-order chi connectivity index (χ0) is 10.8. The maximum absolute atomic E-state index is 11.9. The number of amides is 1. The predicted molar refractivity (Wildman–Crippen MR) is 56.3 cm³/mol. The fourth-order valence-electron chi connectivity index (χ4n) is 1.59. The van der Waals surface area contributed by atoms with Crippen LogP contribution in [0.2, 0.25) is 0 Å². The molecular weight excluding hydrogens is 192 g/mol. The number of carbonyl (C=O) groups is 1. The van der Waals surface area contributed by atoms with Crippen LogP contribution in [0, 0.1) is 5.92 Å².